The van der Waals surface area contributed by atoms with E-state index >= 15 is 0 Å². The fourth-order valence-electron chi connectivity index (χ4n) is 4.34. The number of benzene rings is 2. The molecule has 2 aromatic rings. The van der Waals surface area contributed by atoms with Gasteiger partial charge in [-0.1, -0.05) is 6.42 Å². The Kier molecular flexibility index (Phi) is 5.48. The number of fused-ring (bicyclic) bond motifs is 2. The van der Waals surface area contributed by atoms with Crippen LogP contribution in [-0.2, 0) is 0 Å². The van der Waals surface area contributed by atoms with E-state index in [4.69, 9.17) is 17.0 Å². The molecule has 2 aliphatic carbocycles. The first kappa shape index (κ1) is 18.7. The van der Waals surface area contributed by atoms with Gasteiger partial charge in [-0.2, -0.15) is 0 Å². The maximum atomic E-state index is 12.4. The summed E-state index contributed by atoms with van der Waals surface area (Å²) in [4.78, 5) is 12.4. The van der Waals surface area contributed by atoms with Crippen LogP contribution >= 0.6 is 12.2 Å². The van der Waals surface area contributed by atoms with Crippen molar-refractivity contribution in [3.8, 4) is 5.75 Å². The quantitative estimate of drug-likeness (QED) is 0.654. The van der Waals surface area contributed by atoms with Gasteiger partial charge in [0.1, 0.15) is 5.75 Å². The largest absolute Gasteiger partial charge is 0.497 e. The van der Waals surface area contributed by atoms with E-state index in [9.17, 15) is 4.79 Å². The van der Waals surface area contributed by atoms with Crippen molar-refractivity contribution in [2.24, 2.45) is 11.8 Å². The molecule has 0 aromatic heterocycles. The molecule has 0 aliphatic heterocycles. The van der Waals surface area contributed by atoms with Crippen LogP contribution in [0.2, 0.25) is 0 Å². The average Bonchev–Trinajstić information content (AvgIpc) is 3.32. The molecule has 28 heavy (non-hydrogen) atoms. The number of thiocarbonyl (C=S) groups is 1. The van der Waals surface area contributed by atoms with Gasteiger partial charge >= 0.3 is 0 Å². The second-order valence-corrected chi connectivity index (χ2v) is 8.05. The van der Waals surface area contributed by atoms with Crippen molar-refractivity contribution in [2.75, 3.05) is 17.7 Å². The van der Waals surface area contributed by atoms with Crippen molar-refractivity contribution in [2.45, 2.75) is 31.7 Å². The van der Waals surface area contributed by atoms with Crippen LogP contribution in [-0.4, -0.2) is 24.2 Å². The number of carbonyl (C=O) groups is 1. The highest BCUT2D eigenvalue weighted by molar-refractivity contribution is 7.80. The molecule has 2 aromatic carbocycles. The van der Waals surface area contributed by atoms with Crippen LogP contribution in [0.25, 0.3) is 0 Å². The highest BCUT2D eigenvalue weighted by atomic mass is 32.1. The molecule has 6 heteroatoms. The van der Waals surface area contributed by atoms with Crippen LogP contribution in [0.1, 0.15) is 36.0 Å². The Balaban J connectivity index is 1.30. The summed E-state index contributed by atoms with van der Waals surface area (Å²) in [7, 11) is 1.61. The smallest absolute Gasteiger partial charge is 0.255 e. The Morgan fingerprint density at radius 1 is 0.964 bits per heavy atom. The molecule has 3 atom stereocenters. The van der Waals surface area contributed by atoms with E-state index in [1.807, 2.05) is 36.4 Å². The Bertz CT molecular complexity index is 851. The number of nitrogens with one attached hydrogen (secondary N) is 3. The maximum absolute atomic E-state index is 12.4. The summed E-state index contributed by atoms with van der Waals surface area (Å²) in [5.74, 6) is 2.26. The van der Waals surface area contributed by atoms with E-state index in [0.717, 1.165) is 29.0 Å². The Morgan fingerprint density at radius 3 is 2.25 bits per heavy atom. The van der Waals surface area contributed by atoms with E-state index in [-0.39, 0.29) is 5.91 Å². The fourth-order valence-corrected chi connectivity index (χ4v) is 4.61. The number of carbonyl (C=O) groups excluding carboxylic acids is 1. The standard InChI is InChI=1S/C22H25N3O2S/c1-27-19-10-8-17(9-11-19)23-21(26)15-4-6-18(7-5-15)24-22(28)25-20-13-14-2-3-16(20)12-14/h4-11,14,16,20H,2-3,12-13H2,1H3,(H,23,26)(H2,24,25,28)/t14-,16-,20+/m1/s1. The molecule has 2 aliphatic rings. The summed E-state index contributed by atoms with van der Waals surface area (Å²) in [6.45, 7) is 0. The number of amides is 1. The topological polar surface area (TPSA) is 62.4 Å². The van der Waals surface area contributed by atoms with Gasteiger partial charge in [0.2, 0.25) is 0 Å². The number of hydrogen-bond acceptors (Lipinski definition) is 3. The van der Waals surface area contributed by atoms with Crippen LogP contribution in [0.15, 0.2) is 48.5 Å². The molecule has 5 nitrogen and oxygen atoms in total. The normalized spacial score (nSPS) is 22.5. The third kappa shape index (κ3) is 4.28. The minimum Gasteiger partial charge on any atom is -0.497 e. The minimum atomic E-state index is -0.153. The molecule has 1 amide bonds. The van der Waals surface area contributed by atoms with Gasteiger partial charge in [-0.05, 0) is 91.8 Å². The Labute approximate surface area is 170 Å². The van der Waals surface area contributed by atoms with E-state index < -0.39 is 0 Å². The van der Waals surface area contributed by atoms with Crippen molar-refractivity contribution < 1.29 is 9.53 Å². The summed E-state index contributed by atoms with van der Waals surface area (Å²) in [5.41, 5.74) is 2.19. The number of rotatable bonds is 5. The average molecular weight is 396 g/mol. The summed E-state index contributed by atoms with van der Waals surface area (Å²) < 4.78 is 5.12. The van der Waals surface area contributed by atoms with Crippen LogP contribution < -0.4 is 20.7 Å². The highest BCUT2D eigenvalue weighted by Crippen LogP contribution is 2.44. The van der Waals surface area contributed by atoms with Gasteiger partial charge in [0.05, 0.1) is 7.11 Å². The molecular formula is C22H25N3O2S. The van der Waals surface area contributed by atoms with Gasteiger partial charge < -0.3 is 20.7 Å². The zero-order valence-corrected chi connectivity index (χ0v) is 16.7. The van der Waals surface area contributed by atoms with Crippen LogP contribution in [0, 0.1) is 11.8 Å². The summed E-state index contributed by atoms with van der Waals surface area (Å²) in [6.07, 6.45) is 5.28. The van der Waals surface area contributed by atoms with Gasteiger partial charge in [0, 0.05) is 23.0 Å². The highest BCUT2D eigenvalue weighted by Gasteiger charge is 2.39. The van der Waals surface area contributed by atoms with Crippen LogP contribution in [0.4, 0.5) is 11.4 Å². The van der Waals surface area contributed by atoms with Crippen molar-refractivity contribution in [3.63, 3.8) is 0 Å². The van der Waals surface area contributed by atoms with Gasteiger partial charge in [-0.25, -0.2) is 0 Å². The molecule has 0 radical (unpaired) electrons. The minimum absolute atomic E-state index is 0.153. The van der Waals surface area contributed by atoms with E-state index in [0.29, 0.717) is 16.7 Å². The van der Waals surface area contributed by atoms with E-state index in [1.165, 1.54) is 25.7 Å². The summed E-state index contributed by atoms with van der Waals surface area (Å²) >= 11 is 5.47. The number of hydrogen-bond donors (Lipinski definition) is 3. The third-order valence-electron chi connectivity index (χ3n) is 5.81. The van der Waals surface area contributed by atoms with Gasteiger partial charge in [0.15, 0.2) is 5.11 Å². The van der Waals surface area contributed by atoms with E-state index in [2.05, 4.69) is 16.0 Å². The second kappa shape index (κ2) is 8.19. The molecule has 3 N–H and O–H groups in total. The lowest BCUT2D eigenvalue weighted by atomic mass is 9.96. The predicted molar refractivity (Wildman–Crippen MR) is 116 cm³/mol. The molecule has 2 bridgehead atoms. The molecule has 0 saturated heterocycles. The number of ether oxygens (including phenoxy) is 1. The lowest BCUT2D eigenvalue weighted by Crippen LogP contribution is -2.40. The van der Waals surface area contributed by atoms with Crippen LogP contribution in [0.5, 0.6) is 5.75 Å². The Morgan fingerprint density at radius 2 is 1.64 bits per heavy atom. The number of anilines is 2. The zero-order valence-electron chi connectivity index (χ0n) is 15.9. The SMILES string of the molecule is COc1ccc(NC(=O)c2ccc(NC(=S)N[C@H]3C[C@@H]4CC[C@@H]3C4)cc2)cc1. The monoisotopic (exact) mass is 395 g/mol. The molecule has 0 unspecified atom stereocenters. The summed E-state index contributed by atoms with van der Waals surface area (Å²) in [6, 6.07) is 15.1. The van der Waals surface area contributed by atoms with Gasteiger partial charge in [-0.15, -0.1) is 0 Å². The van der Waals surface area contributed by atoms with Crippen molar-refractivity contribution >= 4 is 34.6 Å². The molecule has 0 heterocycles. The number of methoxy groups -OCH3 is 1. The first-order chi connectivity index (χ1) is 13.6. The molecule has 0 spiro atoms. The van der Waals surface area contributed by atoms with Crippen molar-refractivity contribution in [1.82, 2.24) is 5.32 Å². The summed E-state index contributed by atoms with van der Waals surface area (Å²) in [5, 5.41) is 10.2. The van der Waals surface area contributed by atoms with E-state index in [1.54, 1.807) is 19.2 Å². The first-order valence-corrected chi connectivity index (χ1v) is 10.1. The predicted octanol–water partition coefficient (Wildman–Crippen LogP) is 4.42. The van der Waals surface area contributed by atoms with Gasteiger partial charge in [-0.3, -0.25) is 4.79 Å². The third-order valence-corrected chi connectivity index (χ3v) is 6.03. The fraction of sp³-hybridized carbons (Fsp3) is 0.364. The van der Waals surface area contributed by atoms with Crippen LogP contribution in [0.3, 0.4) is 0 Å². The molecule has 2 fully saturated rings. The maximum Gasteiger partial charge on any atom is 0.255 e. The van der Waals surface area contributed by atoms with Crippen molar-refractivity contribution in [3.05, 3.63) is 54.1 Å². The van der Waals surface area contributed by atoms with Gasteiger partial charge in [0.25, 0.3) is 5.91 Å². The zero-order chi connectivity index (χ0) is 19.5. The molecular weight excluding hydrogens is 370 g/mol. The molecule has 4 rings (SSSR count). The van der Waals surface area contributed by atoms with Crippen molar-refractivity contribution in [1.29, 1.82) is 0 Å². The lowest BCUT2D eigenvalue weighted by molar-refractivity contribution is 0.102. The first-order valence-electron chi connectivity index (χ1n) is 9.73. The molecule has 2 saturated carbocycles. The Hall–Kier alpha value is -2.60. The molecule has 146 valence electrons. The lowest BCUT2D eigenvalue weighted by Gasteiger charge is -2.24. The second-order valence-electron chi connectivity index (χ2n) is 7.64.